The molecular formula is C24H21ClF4N4O4S. The van der Waals surface area contributed by atoms with E-state index in [4.69, 9.17) is 16.3 Å². The minimum Gasteiger partial charge on any atom is -0.456 e. The smallest absolute Gasteiger partial charge is 0.417 e. The average Bonchev–Trinajstić information content (AvgIpc) is 3.33. The van der Waals surface area contributed by atoms with E-state index in [1.165, 1.54) is 19.1 Å². The van der Waals surface area contributed by atoms with Crippen LogP contribution in [0.4, 0.5) is 23.2 Å². The predicted octanol–water partition coefficient (Wildman–Crippen LogP) is 4.89. The summed E-state index contributed by atoms with van der Waals surface area (Å²) in [5.41, 5.74) is -1.33. The highest BCUT2D eigenvalue weighted by Crippen LogP contribution is 2.40. The molecule has 8 nitrogen and oxygen atoms in total. The summed E-state index contributed by atoms with van der Waals surface area (Å²) in [7, 11) is -4.01. The molecule has 0 aliphatic carbocycles. The molecule has 1 fully saturated rings. The van der Waals surface area contributed by atoms with Crippen LogP contribution in [0.15, 0.2) is 53.7 Å². The van der Waals surface area contributed by atoms with Gasteiger partial charge in [0.15, 0.2) is 5.03 Å². The number of carbonyl (C=O) groups is 1. The standard InChI is InChI=1S/C24H21ClF4N4O4S/c1-13-8-14(26)2-3-20(13)37-21-11-18(24(27,28)29)19(25)10-17(21)23(34)32-15-5-7-31-22(9-15)38(35,36)33-16-4-6-30-12-16/h2-3,5,7-11,16,30,33H,4,6,12H2,1H3,(H,31,32,34). The summed E-state index contributed by atoms with van der Waals surface area (Å²) in [6.07, 6.45) is -3.09. The van der Waals surface area contributed by atoms with E-state index in [9.17, 15) is 30.8 Å². The second-order valence-electron chi connectivity index (χ2n) is 8.49. The molecule has 38 heavy (non-hydrogen) atoms. The highest BCUT2D eigenvalue weighted by Gasteiger charge is 2.35. The Hall–Kier alpha value is -3.26. The lowest BCUT2D eigenvalue weighted by atomic mass is 10.1. The van der Waals surface area contributed by atoms with Crippen LogP contribution in [0.2, 0.25) is 5.02 Å². The molecule has 1 aliphatic rings. The van der Waals surface area contributed by atoms with Gasteiger partial charge >= 0.3 is 6.18 Å². The number of hydrogen-bond donors (Lipinski definition) is 3. The SMILES string of the molecule is Cc1cc(F)ccc1Oc1cc(C(F)(F)F)c(Cl)cc1C(=O)Nc1ccnc(S(=O)(=O)NC2CCNC2)c1. The molecule has 0 radical (unpaired) electrons. The Bertz CT molecular complexity index is 1480. The first-order valence-electron chi connectivity index (χ1n) is 11.2. The van der Waals surface area contributed by atoms with Crippen LogP contribution in [-0.2, 0) is 16.2 Å². The van der Waals surface area contributed by atoms with Crippen LogP contribution in [0.3, 0.4) is 0 Å². The van der Waals surface area contributed by atoms with Gasteiger partial charge in [-0.1, -0.05) is 11.6 Å². The van der Waals surface area contributed by atoms with E-state index in [1.54, 1.807) is 0 Å². The monoisotopic (exact) mass is 572 g/mol. The number of benzene rings is 2. The van der Waals surface area contributed by atoms with Gasteiger partial charge in [0.05, 0.1) is 16.1 Å². The molecule has 1 atom stereocenters. The van der Waals surface area contributed by atoms with Gasteiger partial charge in [0, 0.05) is 30.5 Å². The number of carbonyl (C=O) groups excluding carboxylic acids is 1. The lowest BCUT2D eigenvalue weighted by Crippen LogP contribution is -2.36. The first-order chi connectivity index (χ1) is 17.8. The Balaban J connectivity index is 1.66. The number of alkyl halides is 3. The zero-order chi connectivity index (χ0) is 27.7. The quantitative estimate of drug-likeness (QED) is 0.348. The minimum atomic E-state index is -4.85. The summed E-state index contributed by atoms with van der Waals surface area (Å²) in [6, 6.07) is 6.85. The third-order valence-corrected chi connectivity index (χ3v) is 7.36. The van der Waals surface area contributed by atoms with Crippen molar-refractivity contribution in [1.82, 2.24) is 15.0 Å². The van der Waals surface area contributed by atoms with Gasteiger partial charge < -0.3 is 15.4 Å². The van der Waals surface area contributed by atoms with E-state index in [2.05, 4.69) is 20.3 Å². The Morgan fingerprint density at radius 1 is 1.16 bits per heavy atom. The van der Waals surface area contributed by atoms with Gasteiger partial charge in [-0.15, -0.1) is 0 Å². The van der Waals surface area contributed by atoms with Crippen molar-refractivity contribution in [2.75, 3.05) is 18.4 Å². The number of amides is 1. The maximum atomic E-state index is 13.5. The molecule has 202 valence electrons. The number of halogens is 5. The van der Waals surface area contributed by atoms with Crippen molar-refractivity contribution in [3.05, 3.63) is 76.2 Å². The summed E-state index contributed by atoms with van der Waals surface area (Å²) in [6.45, 7) is 2.60. The molecule has 1 saturated heterocycles. The summed E-state index contributed by atoms with van der Waals surface area (Å²) in [5, 5.41) is 4.36. The van der Waals surface area contributed by atoms with Crippen LogP contribution >= 0.6 is 11.6 Å². The summed E-state index contributed by atoms with van der Waals surface area (Å²) in [4.78, 5) is 17.0. The Labute approximate surface area is 220 Å². The number of hydrogen-bond acceptors (Lipinski definition) is 6. The maximum absolute atomic E-state index is 13.5. The minimum absolute atomic E-state index is 0.00913. The zero-order valence-corrected chi connectivity index (χ0v) is 21.3. The van der Waals surface area contributed by atoms with E-state index in [0.29, 0.717) is 25.6 Å². The van der Waals surface area contributed by atoms with Crippen molar-refractivity contribution in [3.63, 3.8) is 0 Å². The molecule has 1 unspecified atom stereocenters. The normalized spacial score (nSPS) is 15.9. The number of nitrogens with zero attached hydrogens (tertiary/aromatic N) is 1. The number of nitrogens with one attached hydrogen (secondary N) is 3. The summed E-state index contributed by atoms with van der Waals surface area (Å²) < 4.78 is 87.6. The van der Waals surface area contributed by atoms with Crippen molar-refractivity contribution < 1.29 is 35.5 Å². The molecule has 0 spiro atoms. The predicted molar refractivity (Wildman–Crippen MR) is 131 cm³/mol. The summed E-state index contributed by atoms with van der Waals surface area (Å²) in [5.74, 6) is -1.99. The van der Waals surface area contributed by atoms with Crippen LogP contribution in [-0.4, -0.2) is 38.4 Å². The Morgan fingerprint density at radius 2 is 1.92 bits per heavy atom. The number of pyridine rings is 1. The van der Waals surface area contributed by atoms with Crippen LogP contribution in [0.5, 0.6) is 11.5 Å². The number of ether oxygens (including phenoxy) is 1. The molecule has 2 aromatic carbocycles. The van der Waals surface area contributed by atoms with E-state index in [1.807, 2.05) is 0 Å². The number of aromatic nitrogens is 1. The van der Waals surface area contributed by atoms with Gasteiger partial charge in [-0.25, -0.2) is 22.5 Å². The van der Waals surface area contributed by atoms with Gasteiger partial charge in [-0.05, 0) is 61.9 Å². The molecule has 3 aromatic rings. The molecule has 0 bridgehead atoms. The van der Waals surface area contributed by atoms with Gasteiger partial charge in [0.2, 0.25) is 0 Å². The van der Waals surface area contributed by atoms with E-state index < -0.39 is 44.3 Å². The van der Waals surface area contributed by atoms with E-state index in [-0.39, 0.29) is 33.6 Å². The molecule has 1 amide bonds. The van der Waals surface area contributed by atoms with E-state index in [0.717, 1.165) is 30.5 Å². The molecule has 0 saturated carbocycles. The first-order valence-corrected chi connectivity index (χ1v) is 13.0. The fourth-order valence-electron chi connectivity index (χ4n) is 3.75. The third-order valence-electron chi connectivity index (χ3n) is 5.63. The number of anilines is 1. The highest BCUT2D eigenvalue weighted by atomic mass is 35.5. The lowest BCUT2D eigenvalue weighted by Gasteiger charge is -2.17. The van der Waals surface area contributed by atoms with Gasteiger partial charge in [-0.3, -0.25) is 4.79 Å². The fraction of sp³-hybridized carbons (Fsp3) is 0.250. The lowest BCUT2D eigenvalue weighted by molar-refractivity contribution is -0.137. The van der Waals surface area contributed by atoms with Crippen molar-refractivity contribution in [3.8, 4) is 11.5 Å². The number of aryl methyl sites for hydroxylation is 1. The Morgan fingerprint density at radius 3 is 2.58 bits per heavy atom. The Kier molecular flexibility index (Phi) is 7.93. The highest BCUT2D eigenvalue weighted by molar-refractivity contribution is 7.89. The second kappa shape index (κ2) is 10.8. The second-order valence-corrected chi connectivity index (χ2v) is 10.6. The fourth-order valence-corrected chi connectivity index (χ4v) is 5.26. The number of sulfonamides is 1. The van der Waals surface area contributed by atoms with Crippen LogP contribution in [0, 0.1) is 12.7 Å². The zero-order valence-electron chi connectivity index (χ0n) is 19.7. The molecule has 1 aliphatic heterocycles. The first kappa shape index (κ1) is 27.8. The van der Waals surface area contributed by atoms with Crippen molar-refractivity contribution in [1.29, 1.82) is 0 Å². The van der Waals surface area contributed by atoms with Crippen molar-refractivity contribution >= 4 is 33.2 Å². The largest absolute Gasteiger partial charge is 0.456 e. The van der Waals surface area contributed by atoms with Crippen molar-refractivity contribution in [2.24, 2.45) is 0 Å². The third kappa shape index (κ3) is 6.41. The van der Waals surface area contributed by atoms with Gasteiger partial charge in [0.1, 0.15) is 17.3 Å². The van der Waals surface area contributed by atoms with E-state index >= 15 is 0 Å². The maximum Gasteiger partial charge on any atom is 0.417 e. The van der Waals surface area contributed by atoms with Crippen LogP contribution < -0.4 is 20.1 Å². The molecule has 14 heteroatoms. The molecule has 1 aromatic heterocycles. The molecular weight excluding hydrogens is 552 g/mol. The van der Waals surface area contributed by atoms with Gasteiger partial charge in [0.25, 0.3) is 15.9 Å². The topological polar surface area (TPSA) is 109 Å². The molecule has 2 heterocycles. The van der Waals surface area contributed by atoms with Crippen LogP contribution in [0.25, 0.3) is 0 Å². The number of rotatable bonds is 7. The molecule has 4 rings (SSSR count). The van der Waals surface area contributed by atoms with Crippen molar-refractivity contribution in [2.45, 2.75) is 30.6 Å². The molecule has 3 N–H and O–H groups in total. The average molecular weight is 573 g/mol. The van der Waals surface area contributed by atoms with Crippen LogP contribution in [0.1, 0.15) is 27.9 Å². The summed E-state index contributed by atoms with van der Waals surface area (Å²) >= 11 is 5.85. The van der Waals surface area contributed by atoms with Gasteiger partial charge in [-0.2, -0.15) is 13.2 Å².